The number of amides is 2. The van der Waals surface area contributed by atoms with E-state index in [0.717, 1.165) is 10.9 Å². The first-order valence-electron chi connectivity index (χ1n) is 8.87. The molecule has 2 rings (SSSR count). The van der Waals surface area contributed by atoms with Gasteiger partial charge in [0.2, 0.25) is 0 Å². The molecular formula is C20H22BrN3O3S. The van der Waals surface area contributed by atoms with Gasteiger partial charge in [0.15, 0.2) is 5.11 Å². The quantitative estimate of drug-likeness (QED) is 0.538. The Kier molecular flexibility index (Phi) is 8.41. The number of hydrogen-bond acceptors (Lipinski definition) is 4. The van der Waals surface area contributed by atoms with E-state index >= 15 is 0 Å². The second-order valence-corrected chi connectivity index (χ2v) is 7.14. The van der Waals surface area contributed by atoms with Crippen molar-refractivity contribution < 1.29 is 14.3 Å². The van der Waals surface area contributed by atoms with E-state index in [1.807, 2.05) is 13.8 Å². The van der Waals surface area contributed by atoms with Crippen LogP contribution in [-0.4, -0.2) is 30.1 Å². The maximum atomic E-state index is 12.5. The maximum absolute atomic E-state index is 12.5. The lowest BCUT2D eigenvalue weighted by Crippen LogP contribution is -2.34. The summed E-state index contributed by atoms with van der Waals surface area (Å²) in [5, 5.41) is 8.53. The summed E-state index contributed by atoms with van der Waals surface area (Å²) in [5.41, 5.74) is 1.60. The average Bonchev–Trinajstić information content (AvgIpc) is 2.68. The van der Waals surface area contributed by atoms with Crippen molar-refractivity contribution in [1.29, 1.82) is 0 Å². The molecule has 0 bridgehead atoms. The Hall–Kier alpha value is -2.45. The first kappa shape index (κ1) is 21.8. The summed E-state index contributed by atoms with van der Waals surface area (Å²) in [7, 11) is 0. The molecule has 6 nitrogen and oxygen atoms in total. The zero-order valence-electron chi connectivity index (χ0n) is 15.7. The molecule has 0 aromatic heterocycles. The summed E-state index contributed by atoms with van der Waals surface area (Å²) in [6, 6.07) is 12.0. The zero-order chi connectivity index (χ0) is 20.5. The highest BCUT2D eigenvalue weighted by Crippen LogP contribution is 2.23. The number of halogens is 1. The normalized spacial score (nSPS) is 10.1. The Labute approximate surface area is 178 Å². The van der Waals surface area contributed by atoms with Gasteiger partial charge in [0.25, 0.3) is 11.8 Å². The molecule has 0 atom stereocenters. The van der Waals surface area contributed by atoms with Crippen LogP contribution in [0.2, 0.25) is 0 Å². The fourth-order valence-electron chi connectivity index (χ4n) is 2.34. The Morgan fingerprint density at radius 1 is 1.07 bits per heavy atom. The third-order valence-corrected chi connectivity index (χ3v) is 4.35. The van der Waals surface area contributed by atoms with E-state index in [1.165, 1.54) is 0 Å². The van der Waals surface area contributed by atoms with E-state index < -0.39 is 0 Å². The van der Waals surface area contributed by atoms with Crippen LogP contribution >= 0.6 is 28.1 Å². The van der Waals surface area contributed by atoms with Crippen molar-refractivity contribution in [2.24, 2.45) is 0 Å². The van der Waals surface area contributed by atoms with E-state index in [-0.39, 0.29) is 16.9 Å². The van der Waals surface area contributed by atoms with Crippen LogP contribution in [0.25, 0.3) is 0 Å². The van der Waals surface area contributed by atoms with Crippen LogP contribution in [0.5, 0.6) is 5.75 Å². The molecular weight excluding hydrogens is 442 g/mol. The van der Waals surface area contributed by atoms with Gasteiger partial charge >= 0.3 is 0 Å². The lowest BCUT2D eigenvalue weighted by Gasteiger charge is -2.13. The fraction of sp³-hybridized carbons (Fsp3) is 0.250. The molecule has 0 saturated heterocycles. The molecule has 0 aliphatic heterocycles. The zero-order valence-corrected chi connectivity index (χ0v) is 18.1. The topological polar surface area (TPSA) is 79.5 Å². The monoisotopic (exact) mass is 463 g/mol. The van der Waals surface area contributed by atoms with Gasteiger partial charge in [0.05, 0.1) is 12.2 Å². The molecule has 0 aliphatic rings. The third-order valence-electron chi connectivity index (χ3n) is 3.65. The average molecular weight is 464 g/mol. The molecule has 8 heteroatoms. The fourth-order valence-corrected chi connectivity index (χ4v) is 2.91. The molecule has 2 aromatic carbocycles. The second-order valence-electron chi connectivity index (χ2n) is 5.81. The number of hydrogen-bond donors (Lipinski definition) is 3. The van der Waals surface area contributed by atoms with Gasteiger partial charge in [-0.3, -0.25) is 14.9 Å². The van der Waals surface area contributed by atoms with E-state index in [1.54, 1.807) is 42.5 Å². The Morgan fingerprint density at radius 2 is 1.79 bits per heavy atom. The summed E-state index contributed by atoms with van der Waals surface area (Å²) in [6.45, 7) is 4.92. The number of nitrogens with one attached hydrogen (secondary N) is 3. The number of carbonyl (C=O) groups excluding carboxylic acids is 2. The van der Waals surface area contributed by atoms with E-state index in [2.05, 4.69) is 31.9 Å². The summed E-state index contributed by atoms with van der Waals surface area (Å²) in [5.74, 6) is -0.0198. The molecule has 148 valence electrons. The minimum Gasteiger partial charge on any atom is -0.493 e. The molecule has 0 radical (unpaired) electrons. The van der Waals surface area contributed by atoms with Crippen molar-refractivity contribution in [3.8, 4) is 5.75 Å². The van der Waals surface area contributed by atoms with E-state index in [4.69, 9.17) is 17.0 Å². The van der Waals surface area contributed by atoms with Crippen LogP contribution in [-0.2, 0) is 0 Å². The van der Waals surface area contributed by atoms with Crippen LogP contribution in [0.15, 0.2) is 46.9 Å². The minimum atomic E-state index is -0.377. The highest BCUT2D eigenvalue weighted by atomic mass is 79.9. The molecule has 0 spiro atoms. The van der Waals surface area contributed by atoms with Crippen LogP contribution in [0, 0.1) is 0 Å². The third kappa shape index (κ3) is 6.31. The second kappa shape index (κ2) is 10.8. The highest BCUT2D eigenvalue weighted by molar-refractivity contribution is 9.10. The lowest BCUT2D eigenvalue weighted by molar-refractivity contribution is 0.0950. The standard InChI is InChI=1S/C20H22BrN3O3S/c1-3-11-22-18(25)13-5-8-15(9-6-13)23-20(28)24-19(26)16-12-14(21)7-10-17(16)27-4-2/h5-10,12H,3-4,11H2,1-2H3,(H,22,25)(H2,23,24,26,28). The summed E-state index contributed by atoms with van der Waals surface area (Å²) in [4.78, 5) is 24.5. The summed E-state index contributed by atoms with van der Waals surface area (Å²) < 4.78 is 6.25. The first-order chi connectivity index (χ1) is 13.4. The number of rotatable bonds is 7. The number of benzene rings is 2. The lowest BCUT2D eigenvalue weighted by atomic mass is 10.2. The van der Waals surface area contributed by atoms with Gasteiger partial charge in [0.1, 0.15) is 5.75 Å². The molecule has 2 amide bonds. The molecule has 2 aromatic rings. The molecule has 0 aliphatic carbocycles. The molecule has 3 N–H and O–H groups in total. The van der Waals surface area contributed by atoms with Crippen molar-refractivity contribution in [3.05, 3.63) is 58.1 Å². The van der Waals surface area contributed by atoms with Crippen molar-refractivity contribution in [1.82, 2.24) is 10.6 Å². The van der Waals surface area contributed by atoms with Crippen molar-refractivity contribution in [3.63, 3.8) is 0 Å². The molecule has 0 fully saturated rings. The van der Waals surface area contributed by atoms with Crippen LogP contribution in [0.3, 0.4) is 0 Å². The minimum absolute atomic E-state index is 0.123. The van der Waals surface area contributed by atoms with E-state index in [0.29, 0.717) is 35.7 Å². The Balaban J connectivity index is 1.99. The number of carbonyl (C=O) groups is 2. The van der Waals surface area contributed by atoms with Gasteiger partial charge in [-0.05, 0) is 68.0 Å². The van der Waals surface area contributed by atoms with Gasteiger partial charge < -0.3 is 15.4 Å². The maximum Gasteiger partial charge on any atom is 0.261 e. The van der Waals surface area contributed by atoms with Crippen LogP contribution in [0.4, 0.5) is 5.69 Å². The Morgan fingerprint density at radius 3 is 2.43 bits per heavy atom. The molecule has 28 heavy (non-hydrogen) atoms. The van der Waals surface area contributed by atoms with Gasteiger partial charge in [-0.1, -0.05) is 22.9 Å². The number of anilines is 1. The van der Waals surface area contributed by atoms with Gasteiger partial charge in [-0.15, -0.1) is 0 Å². The van der Waals surface area contributed by atoms with Crippen LogP contribution in [0.1, 0.15) is 41.0 Å². The molecule has 0 saturated carbocycles. The SMILES string of the molecule is CCCNC(=O)c1ccc(NC(=S)NC(=O)c2cc(Br)ccc2OCC)cc1. The Bertz CT molecular complexity index is 856. The first-order valence-corrected chi connectivity index (χ1v) is 10.1. The van der Waals surface area contributed by atoms with Crippen LogP contribution < -0.4 is 20.7 Å². The molecule has 0 unspecified atom stereocenters. The van der Waals surface area contributed by atoms with Crippen molar-refractivity contribution in [2.75, 3.05) is 18.5 Å². The smallest absolute Gasteiger partial charge is 0.261 e. The van der Waals surface area contributed by atoms with Crippen molar-refractivity contribution in [2.45, 2.75) is 20.3 Å². The predicted molar refractivity (Wildman–Crippen MR) is 118 cm³/mol. The summed E-state index contributed by atoms with van der Waals surface area (Å²) >= 11 is 8.57. The van der Waals surface area contributed by atoms with E-state index in [9.17, 15) is 9.59 Å². The van der Waals surface area contributed by atoms with Gasteiger partial charge in [0, 0.05) is 22.3 Å². The highest BCUT2D eigenvalue weighted by Gasteiger charge is 2.15. The summed E-state index contributed by atoms with van der Waals surface area (Å²) in [6.07, 6.45) is 0.877. The van der Waals surface area contributed by atoms with Gasteiger partial charge in [-0.2, -0.15) is 0 Å². The predicted octanol–water partition coefficient (Wildman–Crippen LogP) is 4.11. The van der Waals surface area contributed by atoms with Gasteiger partial charge in [-0.25, -0.2) is 0 Å². The van der Waals surface area contributed by atoms with Crippen molar-refractivity contribution >= 4 is 50.8 Å². The number of ether oxygens (including phenoxy) is 1. The number of thiocarbonyl (C=S) groups is 1. The molecule has 0 heterocycles. The largest absolute Gasteiger partial charge is 0.493 e.